The second kappa shape index (κ2) is 8.62. The molecule has 1 aliphatic rings. The van der Waals surface area contributed by atoms with Gasteiger partial charge in [-0.05, 0) is 38.1 Å². The zero-order valence-corrected chi connectivity index (χ0v) is 18.5. The van der Waals surface area contributed by atoms with Crippen LogP contribution in [0.5, 0.6) is 0 Å². The van der Waals surface area contributed by atoms with Gasteiger partial charge >= 0.3 is 5.69 Å². The van der Waals surface area contributed by atoms with Crippen molar-refractivity contribution in [2.45, 2.75) is 52.1 Å². The quantitative estimate of drug-likeness (QED) is 0.651. The number of hydrogen-bond acceptors (Lipinski definition) is 6. The topological polar surface area (TPSA) is 116 Å². The van der Waals surface area contributed by atoms with E-state index in [1.165, 1.54) is 20.5 Å². The molecule has 1 saturated heterocycles. The highest BCUT2D eigenvalue weighted by molar-refractivity contribution is 7.13. The van der Waals surface area contributed by atoms with E-state index in [1.807, 2.05) is 31.4 Å². The Morgan fingerprint density at radius 3 is 2.45 bits per heavy atom. The molecule has 0 unspecified atom stereocenters. The van der Waals surface area contributed by atoms with Crippen LogP contribution in [-0.2, 0) is 11.3 Å². The normalized spacial score (nSPS) is 14.9. The molecule has 2 N–H and O–H groups in total. The Labute approximate surface area is 183 Å². The van der Waals surface area contributed by atoms with Gasteiger partial charge in [0.15, 0.2) is 17.2 Å². The van der Waals surface area contributed by atoms with Crippen LogP contribution >= 0.6 is 11.3 Å². The molecule has 4 heterocycles. The van der Waals surface area contributed by atoms with E-state index in [1.54, 1.807) is 4.90 Å². The van der Waals surface area contributed by atoms with Crippen LogP contribution in [0.3, 0.4) is 0 Å². The molecule has 4 rings (SSSR count). The molecule has 1 fully saturated rings. The third kappa shape index (κ3) is 3.99. The van der Waals surface area contributed by atoms with Crippen LogP contribution in [0.4, 0.5) is 0 Å². The molecule has 2 amide bonds. The van der Waals surface area contributed by atoms with Crippen molar-refractivity contribution in [3.8, 4) is 10.7 Å². The van der Waals surface area contributed by atoms with Gasteiger partial charge in [-0.25, -0.2) is 14.8 Å². The second-order valence-electron chi connectivity index (χ2n) is 8.04. The Balaban J connectivity index is 1.89. The highest BCUT2D eigenvalue weighted by atomic mass is 32.1. The fraction of sp³-hybridized carbons (Fsp3) is 0.476. The first-order valence-corrected chi connectivity index (χ1v) is 11.4. The number of imidazole rings is 1. The van der Waals surface area contributed by atoms with E-state index >= 15 is 0 Å². The number of nitrogens with two attached hydrogens (primary N) is 1. The molecule has 10 heteroatoms. The summed E-state index contributed by atoms with van der Waals surface area (Å²) in [6.07, 6.45) is 4.10. The number of thiophene rings is 1. The number of amides is 2. The van der Waals surface area contributed by atoms with E-state index < -0.39 is 11.6 Å². The fourth-order valence-corrected chi connectivity index (χ4v) is 4.69. The summed E-state index contributed by atoms with van der Waals surface area (Å²) >= 11 is 1.43. The Morgan fingerprint density at radius 1 is 1.16 bits per heavy atom. The molecule has 0 atom stereocenters. The number of carbonyl (C=O) groups is 2. The van der Waals surface area contributed by atoms with Crippen molar-refractivity contribution in [1.82, 2.24) is 24.0 Å². The lowest BCUT2D eigenvalue weighted by atomic mass is 10.2. The molecule has 3 aromatic rings. The van der Waals surface area contributed by atoms with Crippen LogP contribution < -0.4 is 11.4 Å². The van der Waals surface area contributed by atoms with Gasteiger partial charge in [0.2, 0.25) is 5.91 Å². The number of nitrogens with zero attached hydrogens (tertiary/aromatic N) is 5. The average Bonchev–Trinajstić information content (AvgIpc) is 3.25. The fourth-order valence-electron chi connectivity index (χ4n) is 4.03. The van der Waals surface area contributed by atoms with Gasteiger partial charge in [0, 0.05) is 19.1 Å². The van der Waals surface area contributed by atoms with Gasteiger partial charge in [0.25, 0.3) is 5.91 Å². The number of rotatable bonds is 5. The molecule has 1 aliphatic heterocycles. The van der Waals surface area contributed by atoms with Gasteiger partial charge in [0.1, 0.15) is 12.1 Å². The van der Waals surface area contributed by atoms with E-state index in [9.17, 15) is 14.4 Å². The first-order valence-electron chi connectivity index (χ1n) is 10.5. The summed E-state index contributed by atoms with van der Waals surface area (Å²) in [6, 6.07) is 3.48. The van der Waals surface area contributed by atoms with Crippen molar-refractivity contribution in [2.75, 3.05) is 13.1 Å². The van der Waals surface area contributed by atoms with Crippen molar-refractivity contribution >= 4 is 34.3 Å². The molecule has 0 radical (unpaired) electrons. The van der Waals surface area contributed by atoms with Crippen LogP contribution in [0.1, 0.15) is 56.1 Å². The largest absolute Gasteiger partial charge is 0.364 e. The molecule has 3 aromatic heterocycles. The molecule has 0 bridgehead atoms. The first-order chi connectivity index (χ1) is 14.9. The van der Waals surface area contributed by atoms with E-state index in [0.29, 0.717) is 24.6 Å². The Kier molecular flexibility index (Phi) is 5.90. The lowest BCUT2D eigenvalue weighted by molar-refractivity contribution is -0.131. The molecule has 9 nitrogen and oxygen atoms in total. The number of hydrogen-bond donors (Lipinski definition) is 1. The third-order valence-electron chi connectivity index (χ3n) is 5.54. The maximum Gasteiger partial charge on any atom is 0.331 e. The van der Waals surface area contributed by atoms with Gasteiger partial charge in [-0.3, -0.25) is 18.7 Å². The monoisotopic (exact) mass is 442 g/mol. The minimum atomic E-state index is -0.762. The summed E-state index contributed by atoms with van der Waals surface area (Å²) in [5.74, 6) is -0.576. The van der Waals surface area contributed by atoms with Crippen molar-refractivity contribution in [1.29, 1.82) is 0 Å². The minimum absolute atomic E-state index is 0.0476. The number of aromatic nitrogens is 4. The van der Waals surface area contributed by atoms with Crippen molar-refractivity contribution in [2.24, 2.45) is 5.73 Å². The predicted octanol–water partition coefficient (Wildman–Crippen LogP) is 2.40. The summed E-state index contributed by atoms with van der Waals surface area (Å²) in [7, 11) is 0. The highest BCUT2D eigenvalue weighted by Crippen LogP contribution is 2.26. The molecule has 164 valence electrons. The van der Waals surface area contributed by atoms with E-state index in [0.717, 1.165) is 30.6 Å². The van der Waals surface area contributed by atoms with E-state index in [-0.39, 0.29) is 29.7 Å². The smallest absolute Gasteiger partial charge is 0.331 e. The minimum Gasteiger partial charge on any atom is -0.364 e. The SMILES string of the molecule is CC(C)n1c(=O)n(CC(=O)N2CCCCCC2)c2c(C(N)=O)nc(-c3cccs3)nc21. The average molecular weight is 443 g/mol. The number of carbonyl (C=O) groups excluding carboxylic acids is 2. The molecular formula is C21H26N6O3S. The highest BCUT2D eigenvalue weighted by Gasteiger charge is 2.27. The van der Waals surface area contributed by atoms with Crippen LogP contribution in [0.15, 0.2) is 22.3 Å². The van der Waals surface area contributed by atoms with E-state index in [4.69, 9.17) is 5.73 Å². The van der Waals surface area contributed by atoms with Crippen LogP contribution in [0.2, 0.25) is 0 Å². The van der Waals surface area contributed by atoms with Crippen molar-refractivity contribution in [3.05, 3.63) is 33.7 Å². The van der Waals surface area contributed by atoms with Gasteiger partial charge in [0.05, 0.1) is 4.88 Å². The van der Waals surface area contributed by atoms with Gasteiger partial charge in [-0.2, -0.15) is 0 Å². The van der Waals surface area contributed by atoms with Crippen molar-refractivity contribution < 1.29 is 9.59 Å². The number of likely N-dealkylation sites (tertiary alicyclic amines) is 1. The molecule has 0 spiro atoms. The molecule has 0 saturated carbocycles. The van der Waals surface area contributed by atoms with Crippen LogP contribution in [-0.4, -0.2) is 48.9 Å². The lowest BCUT2D eigenvalue weighted by Gasteiger charge is -2.20. The molecule has 31 heavy (non-hydrogen) atoms. The maximum absolute atomic E-state index is 13.3. The summed E-state index contributed by atoms with van der Waals surface area (Å²) in [5.41, 5.74) is 5.75. The predicted molar refractivity (Wildman–Crippen MR) is 119 cm³/mol. The first kappa shape index (κ1) is 21.2. The summed E-state index contributed by atoms with van der Waals surface area (Å²) in [6.45, 7) is 4.91. The molecule has 0 aliphatic carbocycles. The maximum atomic E-state index is 13.3. The van der Waals surface area contributed by atoms with Gasteiger partial charge < -0.3 is 10.6 Å². The number of fused-ring (bicyclic) bond motifs is 1. The molecule has 0 aromatic carbocycles. The van der Waals surface area contributed by atoms with Gasteiger partial charge in [-0.15, -0.1) is 11.3 Å². The van der Waals surface area contributed by atoms with E-state index in [2.05, 4.69) is 9.97 Å². The van der Waals surface area contributed by atoms with Crippen molar-refractivity contribution in [3.63, 3.8) is 0 Å². The summed E-state index contributed by atoms with van der Waals surface area (Å²) < 4.78 is 2.80. The zero-order chi connectivity index (χ0) is 22.1. The van der Waals surface area contributed by atoms with Crippen LogP contribution in [0.25, 0.3) is 21.9 Å². The summed E-state index contributed by atoms with van der Waals surface area (Å²) in [5, 5.41) is 1.88. The molecular weight excluding hydrogens is 416 g/mol. The lowest BCUT2D eigenvalue weighted by Crippen LogP contribution is -2.37. The summed E-state index contributed by atoms with van der Waals surface area (Å²) in [4.78, 5) is 50.2. The third-order valence-corrected chi connectivity index (χ3v) is 6.41. The standard InChI is InChI=1S/C21H26N6O3S/c1-13(2)27-20-17(16(18(22)29)23-19(24-20)14-8-7-11-31-14)26(21(27)30)12-15(28)25-9-5-3-4-6-10-25/h7-8,11,13H,3-6,9-10,12H2,1-2H3,(H2,22,29). The number of primary amides is 1. The Hall–Kier alpha value is -3.01. The van der Waals surface area contributed by atoms with Crippen LogP contribution in [0, 0.1) is 0 Å². The second-order valence-corrected chi connectivity index (χ2v) is 8.98. The van der Waals surface area contributed by atoms with Gasteiger partial charge in [-0.1, -0.05) is 18.9 Å². The Morgan fingerprint density at radius 2 is 1.87 bits per heavy atom. The Bertz CT molecular complexity index is 1170. The zero-order valence-electron chi connectivity index (χ0n) is 17.7.